The Morgan fingerprint density at radius 3 is 2.49 bits per heavy atom. The van der Waals surface area contributed by atoms with Gasteiger partial charge in [-0.15, -0.1) is 0 Å². The van der Waals surface area contributed by atoms with Crippen molar-refractivity contribution >= 4 is 17.4 Å². The van der Waals surface area contributed by atoms with Crippen molar-refractivity contribution in [3.8, 4) is 0 Å². The molecule has 0 bridgehead atoms. The van der Waals surface area contributed by atoms with Crippen LogP contribution in [-0.2, 0) is 16.6 Å². The molecule has 2 heterocycles. The van der Waals surface area contributed by atoms with Crippen molar-refractivity contribution < 1.29 is 9.18 Å². The SMILES string of the molecule is Cc1ccc(C2(CCN3CCN(C4CCCCC4)CC3)CCCNC(C(=O)Cc3c(F)cccc3Cl)C2)cc1. The number of Topliss-reactive ketones (excluding diaryl/α,β-unsaturated/α-hetero) is 1. The molecular formula is C33H45ClFN3O. The first-order valence-electron chi connectivity index (χ1n) is 15.2. The number of aryl methyl sites for hydroxylation is 1. The molecule has 1 aliphatic carbocycles. The number of rotatable bonds is 8. The van der Waals surface area contributed by atoms with Gasteiger partial charge in [0.2, 0.25) is 0 Å². The van der Waals surface area contributed by atoms with Crippen LogP contribution in [0.15, 0.2) is 42.5 Å². The maximum Gasteiger partial charge on any atom is 0.154 e. The largest absolute Gasteiger partial charge is 0.307 e. The molecule has 4 nitrogen and oxygen atoms in total. The van der Waals surface area contributed by atoms with E-state index in [9.17, 15) is 9.18 Å². The molecule has 6 heteroatoms. The van der Waals surface area contributed by atoms with Crippen LogP contribution in [0.4, 0.5) is 4.39 Å². The maximum absolute atomic E-state index is 14.5. The lowest BCUT2D eigenvalue weighted by atomic mass is 9.69. The standard InChI is InChI=1S/C33H45ClFN3O/c1-25-11-13-26(14-12-25)33(16-18-37-19-21-38(22-20-37)27-7-3-2-4-8-27)15-6-17-36-31(24-33)32(39)23-28-29(34)9-5-10-30(28)35/h5,9-14,27,31,36H,2-4,6-8,15-24H2,1H3. The van der Waals surface area contributed by atoms with Crippen LogP contribution in [0.2, 0.25) is 5.02 Å². The topological polar surface area (TPSA) is 35.6 Å². The van der Waals surface area contributed by atoms with Gasteiger partial charge < -0.3 is 10.2 Å². The Balaban J connectivity index is 1.29. The molecule has 2 aliphatic heterocycles. The molecule has 2 aromatic carbocycles. The molecule has 0 radical (unpaired) electrons. The van der Waals surface area contributed by atoms with Gasteiger partial charge >= 0.3 is 0 Å². The van der Waals surface area contributed by atoms with E-state index in [1.54, 1.807) is 12.1 Å². The number of hydrogen-bond donors (Lipinski definition) is 1. The van der Waals surface area contributed by atoms with Crippen molar-refractivity contribution in [2.75, 3.05) is 39.3 Å². The van der Waals surface area contributed by atoms with E-state index in [-0.39, 0.29) is 23.7 Å². The van der Waals surface area contributed by atoms with Crippen LogP contribution in [0.5, 0.6) is 0 Å². The molecule has 39 heavy (non-hydrogen) atoms. The van der Waals surface area contributed by atoms with Crippen molar-refractivity contribution in [1.82, 2.24) is 15.1 Å². The molecular weight excluding hydrogens is 509 g/mol. The minimum Gasteiger partial charge on any atom is -0.307 e. The summed E-state index contributed by atoms with van der Waals surface area (Å²) in [6.45, 7) is 8.59. The molecule has 1 N–H and O–H groups in total. The first-order chi connectivity index (χ1) is 18.9. The highest BCUT2D eigenvalue weighted by atomic mass is 35.5. The highest BCUT2D eigenvalue weighted by Gasteiger charge is 2.39. The maximum atomic E-state index is 14.5. The predicted molar refractivity (Wildman–Crippen MR) is 158 cm³/mol. The first-order valence-corrected chi connectivity index (χ1v) is 15.5. The molecule has 0 amide bonds. The van der Waals surface area contributed by atoms with E-state index in [0.29, 0.717) is 10.6 Å². The Morgan fingerprint density at radius 1 is 1.03 bits per heavy atom. The van der Waals surface area contributed by atoms with Crippen LogP contribution < -0.4 is 5.32 Å². The molecule has 3 fully saturated rings. The van der Waals surface area contributed by atoms with E-state index in [1.807, 2.05) is 0 Å². The van der Waals surface area contributed by atoms with Gasteiger partial charge in [-0.3, -0.25) is 9.69 Å². The van der Waals surface area contributed by atoms with Crippen molar-refractivity contribution in [3.63, 3.8) is 0 Å². The molecule has 3 aliphatic rings. The van der Waals surface area contributed by atoms with Crippen LogP contribution >= 0.6 is 11.6 Å². The Bertz CT molecular complexity index is 1070. The second-order valence-corrected chi connectivity index (χ2v) is 12.6. The third-order valence-electron chi connectivity index (χ3n) is 9.69. The minimum atomic E-state index is -0.401. The lowest BCUT2D eigenvalue weighted by Crippen LogP contribution is -2.51. The number of nitrogens with zero attached hydrogens (tertiary/aromatic N) is 2. The van der Waals surface area contributed by atoms with E-state index in [0.717, 1.165) is 57.9 Å². The van der Waals surface area contributed by atoms with Crippen LogP contribution in [0, 0.1) is 12.7 Å². The van der Waals surface area contributed by atoms with Gasteiger partial charge in [0.15, 0.2) is 5.78 Å². The fourth-order valence-electron chi connectivity index (χ4n) is 7.21. The fourth-order valence-corrected chi connectivity index (χ4v) is 7.44. The normalized spacial score (nSPS) is 25.9. The third-order valence-corrected chi connectivity index (χ3v) is 10.0. The van der Waals surface area contributed by atoms with Crippen LogP contribution in [0.25, 0.3) is 0 Å². The summed E-state index contributed by atoms with van der Waals surface area (Å²) in [6, 6.07) is 14.1. The summed E-state index contributed by atoms with van der Waals surface area (Å²) >= 11 is 6.29. The van der Waals surface area contributed by atoms with Crippen LogP contribution in [-0.4, -0.2) is 66.9 Å². The van der Waals surface area contributed by atoms with Gasteiger partial charge in [-0.2, -0.15) is 0 Å². The highest BCUT2D eigenvalue weighted by Crippen LogP contribution is 2.40. The number of hydrogen-bond acceptors (Lipinski definition) is 4. The van der Waals surface area contributed by atoms with E-state index < -0.39 is 5.82 Å². The van der Waals surface area contributed by atoms with Crippen molar-refractivity contribution in [3.05, 3.63) is 70.0 Å². The van der Waals surface area contributed by atoms with Gasteiger partial charge in [0, 0.05) is 49.2 Å². The minimum absolute atomic E-state index is 0.0241. The highest BCUT2D eigenvalue weighted by molar-refractivity contribution is 6.31. The Kier molecular flexibility index (Phi) is 9.76. The molecule has 212 valence electrons. The van der Waals surface area contributed by atoms with Gasteiger partial charge in [0.05, 0.1) is 6.04 Å². The van der Waals surface area contributed by atoms with Crippen molar-refractivity contribution in [1.29, 1.82) is 0 Å². The first kappa shape index (κ1) is 28.7. The Morgan fingerprint density at radius 2 is 1.77 bits per heavy atom. The van der Waals surface area contributed by atoms with Crippen molar-refractivity contribution in [2.24, 2.45) is 0 Å². The van der Waals surface area contributed by atoms with Gasteiger partial charge in [-0.1, -0.05) is 66.8 Å². The van der Waals surface area contributed by atoms with Gasteiger partial charge in [0.1, 0.15) is 5.82 Å². The summed E-state index contributed by atoms with van der Waals surface area (Å²) in [4.78, 5) is 19.0. The zero-order valence-corrected chi connectivity index (χ0v) is 24.3. The van der Waals surface area contributed by atoms with Crippen molar-refractivity contribution in [2.45, 2.75) is 88.6 Å². The van der Waals surface area contributed by atoms with Crippen LogP contribution in [0.3, 0.4) is 0 Å². The summed E-state index contributed by atoms with van der Waals surface area (Å²) in [5.74, 6) is -0.372. The van der Waals surface area contributed by atoms with E-state index in [2.05, 4.69) is 46.3 Å². The summed E-state index contributed by atoms with van der Waals surface area (Å²) in [5.41, 5.74) is 2.81. The van der Waals surface area contributed by atoms with Gasteiger partial charge in [0.25, 0.3) is 0 Å². The second-order valence-electron chi connectivity index (χ2n) is 12.2. The molecule has 5 rings (SSSR count). The number of halogens is 2. The summed E-state index contributed by atoms with van der Waals surface area (Å²) in [7, 11) is 0. The zero-order valence-electron chi connectivity index (χ0n) is 23.6. The third kappa shape index (κ3) is 7.11. The second kappa shape index (κ2) is 13.2. The summed E-state index contributed by atoms with van der Waals surface area (Å²) in [6.07, 6.45) is 10.8. The number of nitrogens with one attached hydrogen (secondary N) is 1. The molecule has 0 spiro atoms. The number of carbonyl (C=O) groups is 1. The smallest absolute Gasteiger partial charge is 0.154 e. The Labute approximate surface area is 239 Å². The fraction of sp³-hybridized carbons (Fsp3) is 0.606. The molecule has 0 aromatic heterocycles. The van der Waals surface area contributed by atoms with Crippen LogP contribution in [0.1, 0.15) is 74.5 Å². The number of carbonyl (C=O) groups excluding carboxylic acids is 1. The molecule has 1 saturated carbocycles. The molecule has 2 atom stereocenters. The van der Waals surface area contributed by atoms with E-state index in [1.165, 1.54) is 62.4 Å². The lowest BCUT2D eigenvalue weighted by Gasteiger charge is -2.42. The summed E-state index contributed by atoms with van der Waals surface area (Å²) < 4.78 is 14.5. The zero-order chi connectivity index (χ0) is 27.2. The van der Waals surface area contributed by atoms with Gasteiger partial charge in [-0.25, -0.2) is 4.39 Å². The number of piperazine rings is 1. The molecule has 2 aromatic rings. The van der Waals surface area contributed by atoms with E-state index in [4.69, 9.17) is 11.6 Å². The number of ketones is 1. The quantitative estimate of drug-likeness (QED) is 0.415. The average molecular weight is 554 g/mol. The monoisotopic (exact) mass is 553 g/mol. The lowest BCUT2D eigenvalue weighted by molar-refractivity contribution is -0.120. The Hall–Kier alpha value is -1.79. The van der Waals surface area contributed by atoms with Gasteiger partial charge in [-0.05, 0) is 81.6 Å². The summed E-state index contributed by atoms with van der Waals surface area (Å²) in [5, 5.41) is 3.85. The average Bonchev–Trinajstić information content (AvgIpc) is 3.19. The predicted octanol–water partition coefficient (Wildman–Crippen LogP) is 6.32. The molecule has 2 saturated heterocycles. The molecule has 2 unspecified atom stereocenters. The number of benzene rings is 2. The van der Waals surface area contributed by atoms with E-state index >= 15 is 0 Å².